The van der Waals surface area contributed by atoms with Crippen LogP contribution >= 0.6 is 0 Å². The molecule has 2 N–H and O–H groups in total. The van der Waals surface area contributed by atoms with Crippen molar-refractivity contribution in [3.8, 4) is 45.3 Å². The normalized spacial score (nSPS) is 18.8. The molecule has 62 heavy (non-hydrogen) atoms. The van der Waals surface area contributed by atoms with Gasteiger partial charge in [-0.3, -0.25) is 0 Å². The molecule has 2 atom stereocenters. The van der Waals surface area contributed by atoms with Gasteiger partial charge in [-0.15, -0.1) is 5.11 Å². The lowest BCUT2D eigenvalue weighted by Crippen LogP contribution is -2.42. The quantitative estimate of drug-likeness (QED) is 0.0447. The van der Waals surface area contributed by atoms with Gasteiger partial charge in [0.05, 0.1) is 19.9 Å². The van der Waals surface area contributed by atoms with Gasteiger partial charge in [0.1, 0.15) is 23.0 Å². The number of ether oxygens (including phenoxy) is 4. The van der Waals surface area contributed by atoms with Crippen molar-refractivity contribution in [2.75, 3.05) is 27.5 Å². The summed E-state index contributed by atoms with van der Waals surface area (Å²) in [6.45, 7) is 4.84. The SMILES string of the molecule is COc1ccc(C2(c3ccc(OC)cc3)C=Cc3c4c(c5cc(OCN=[N+]=[N-])c(-c6ccc(N=NN)cc6)cc5c3O2)-c2ccccc2C42CC(CN=[N+]=[N-])CC(C)(C)C2)cc1. The fraction of sp³-hybridized carbons (Fsp3) is 0.265. The van der Waals surface area contributed by atoms with E-state index in [1.807, 2.05) is 72.8 Å². The minimum absolute atomic E-state index is 0.0945. The van der Waals surface area contributed by atoms with Crippen molar-refractivity contribution in [1.82, 2.24) is 0 Å². The van der Waals surface area contributed by atoms with Crippen LogP contribution in [0, 0.1) is 11.3 Å². The van der Waals surface area contributed by atoms with Crippen LogP contribution in [0.1, 0.15) is 60.9 Å². The van der Waals surface area contributed by atoms with Gasteiger partial charge in [0, 0.05) is 49.4 Å². The Balaban J connectivity index is 1.40. The van der Waals surface area contributed by atoms with Crippen LogP contribution in [0.25, 0.3) is 60.0 Å². The molecule has 0 aromatic heterocycles. The Hall–Kier alpha value is -7.46. The van der Waals surface area contributed by atoms with E-state index in [1.54, 1.807) is 14.2 Å². The van der Waals surface area contributed by atoms with E-state index in [2.05, 4.69) is 92.8 Å². The molecular weight excluding hydrogens is 779 g/mol. The number of hydrogen-bond acceptors (Lipinski definition) is 8. The van der Waals surface area contributed by atoms with Gasteiger partial charge < -0.3 is 24.8 Å². The average Bonchev–Trinajstić information content (AvgIpc) is 3.56. The van der Waals surface area contributed by atoms with Crippen molar-refractivity contribution in [3.63, 3.8) is 0 Å². The Bertz CT molecular complexity index is 2810. The summed E-state index contributed by atoms with van der Waals surface area (Å²) in [5.74, 6) is 8.23. The average molecular weight is 824 g/mol. The van der Waals surface area contributed by atoms with Crippen LogP contribution in [-0.2, 0) is 11.0 Å². The van der Waals surface area contributed by atoms with Crippen molar-refractivity contribution in [2.24, 2.45) is 37.7 Å². The molecule has 6 aromatic carbocycles. The molecule has 0 amide bonds. The van der Waals surface area contributed by atoms with Gasteiger partial charge in [0.2, 0.25) is 0 Å². The van der Waals surface area contributed by atoms with E-state index in [-0.39, 0.29) is 18.1 Å². The number of rotatable bonds is 11. The first-order valence-corrected chi connectivity index (χ1v) is 20.5. The largest absolute Gasteiger partial charge is 0.497 e. The summed E-state index contributed by atoms with van der Waals surface area (Å²) in [7, 11) is 3.31. The second kappa shape index (κ2) is 15.9. The molecule has 6 aromatic rings. The van der Waals surface area contributed by atoms with E-state index in [9.17, 15) is 11.1 Å². The lowest BCUT2D eigenvalue weighted by atomic mass is 9.56. The predicted molar refractivity (Wildman–Crippen MR) is 241 cm³/mol. The number of fused-ring (bicyclic) bond motifs is 10. The van der Waals surface area contributed by atoms with E-state index in [0.717, 1.165) is 80.5 Å². The minimum atomic E-state index is -1.08. The fourth-order valence-electron chi connectivity index (χ4n) is 10.6. The molecule has 3 aliphatic rings. The molecular formula is C49H45N9O4. The molecule has 2 aliphatic carbocycles. The third-order valence-electron chi connectivity index (χ3n) is 12.7. The first-order chi connectivity index (χ1) is 30.2. The van der Waals surface area contributed by atoms with Crippen LogP contribution in [-0.4, -0.2) is 27.5 Å². The minimum Gasteiger partial charge on any atom is -0.497 e. The van der Waals surface area contributed by atoms with E-state index < -0.39 is 11.0 Å². The standard InChI is InChI=1S/C49H45N9O4/c1-47(2)25-30(27-53-56-50)26-48(28-47)42-8-6-5-7-37(42)44-40-24-43(61-29-54-57-51)39(31-9-15-34(16-10-31)55-58-52)23-41(40)46-38(45(44)48)21-22-49(62-46,32-11-17-35(59-3)18-12-32)33-13-19-36(60-4)20-14-33/h5-24,30H,25-29H2,1-4H3,(H2,52,55). The molecule has 1 aliphatic heterocycles. The van der Waals surface area contributed by atoms with Gasteiger partial charge in [-0.1, -0.05) is 96.0 Å². The van der Waals surface area contributed by atoms with Gasteiger partial charge in [-0.25, -0.2) is 0 Å². The van der Waals surface area contributed by atoms with Gasteiger partial charge in [-0.2, -0.15) is 0 Å². The summed E-state index contributed by atoms with van der Waals surface area (Å²) >= 11 is 0. The van der Waals surface area contributed by atoms with Gasteiger partial charge in [0.15, 0.2) is 12.3 Å². The Morgan fingerprint density at radius 1 is 0.790 bits per heavy atom. The third-order valence-corrected chi connectivity index (χ3v) is 12.7. The molecule has 13 nitrogen and oxygen atoms in total. The van der Waals surface area contributed by atoms with Gasteiger partial charge in [0.25, 0.3) is 0 Å². The maximum absolute atomic E-state index is 9.48. The van der Waals surface area contributed by atoms with Crippen molar-refractivity contribution in [3.05, 3.63) is 164 Å². The topological polar surface area (TPSA) is 185 Å². The van der Waals surface area contributed by atoms with Gasteiger partial charge in [-0.05, 0) is 129 Å². The Morgan fingerprint density at radius 3 is 2.11 bits per heavy atom. The van der Waals surface area contributed by atoms with Crippen LogP contribution in [0.15, 0.2) is 136 Å². The molecule has 0 bridgehead atoms. The molecule has 1 saturated carbocycles. The molecule has 0 radical (unpaired) electrons. The number of nitrogens with zero attached hydrogens (tertiary/aromatic N) is 8. The highest BCUT2D eigenvalue weighted by molar-refractivity contribution is 6.10. The zero-order valence-electron chi connectivity index (χ0n) is 34.9. The molecule has 1 heterocycles. The summed E-state index contributed by atoms with van der Waals surface area (Å²) < 4.78 is 25.3. The maximum atomic E-state index is 9.48. The Labute approximate surface area is 359 Å². The second-order valence-corrected chi connectivity index (χ2v) is 16.9. The Morgan fingerprint density at radius 2 is 1.47 bits per heavy atom. The van der Waals surface area contributed by atoms with Crippen LogP contribution in [0.4, 0.5) is 5.69 Å². The third kappa shape index (κ3) is 6.68. The predicted octanol–water partition coefficient (Wildman–Crippen LogP) is 12.9. The van der Waals surface area contributed by atoms with E-state index in [4.69, 9.17) is 24.8 Å². The molecule has 1 spiro atoms. The first kappa shape index (κ1) is 40.0. The fourth-order valence-corrected chi connectivity index (χ4v) is 10.6. The first-order valence-electron chi connectivity index (χ1n) is 20.5. The van der Waals surface area contributed by atoms with Crippen LogP contribution < -0.4 is 24.8 Å². The molecule has 13 heteroatoms. The number of azide groups is 2. The lowest BCUT2D eigenvalue weighted by Gasteiger charge is -2.49. The number of benzene rings is 6. The van der Waals surface area contributed by atoms with Crippen LogP contribution in [0.5, 0.6) is 23.0 Å². The zero-order valence-corrected chi connectivity index (χ0v) is 34.9. The molecule has 0 saturated heterocycles. The highest BCUT2D eigenvalue weighted by Crippen LogP contribution is 2.65. The smallest absolute Gasteiger partial charge is 0.178 e. The molecule has 2 unspecified atom stereocenters. The zero-order chi connectivity index (χ0) is 43.1. The van der Waals surface area contributed by atoms with E-state index >= 15 is 0 Å². The van der Waals surface area contributed by atoms with Crippen molar-refractivity contribution in [1.29, 1.82) is 0 Å². The van der Waals surface area contributed by atoms with E-state index in [0.29, 0.717) is 23.7 Å². The summed E-state index contributed by atoms with van der Waals surface area (Å²) in [4.78, 5) is 6.17. The lowest BCUT2D eigenvalue weighted by molar-refractivity contribution is 0.122. The summed E-state index contributed by atoms with van der Waals surface area (Å²) in [5, 5.41) is 17.2. The monoisotopic (exact) mass is 823 g/mol. The van der Waals surface area contributed by atoms with Gasteiger partial charge >= 0.3 is 0 Å². The van der Waals surface area contributed by atoms with Crippen LogP contribution in [0.2, 0.25) is 0 Å². The highest BCUT2D eigenvalue weighted by atomic mass is 16.5. The molecule has 1 fully saturated rings. The molecule has 9 rings (SSSR count). The summed E-state index contributed by atoms with van der Waals surface area (Å²) in [6.07, 6.45) is 7.02. The second-order valence-electron chi connectivity index (χ2n) is 16.9. The van der Waals surface area contributed by atoms with Crippen molar-refractivity contribution >= 4 is 22.5 Å². The molecule has 310 valence electrons. The summed E-state index contributed by atoms with van der Waals surface area (Å²) in [6, 6.07) is 36.4. The summed E-state index contributed by atoms with van der Waals surface area (Å²) in [5.41, 5.74) is 26.8. The van der Waals surface area contributed by atoms with E-state index in [1.165, 1.54) is 11.1 Å². The van der Waals surface area contributed by atoms with Crippen molar-refractivity contribution < 1.29 is 18.9 Å². The number of methoxy groups -OCH3 is 2. The maximum Gasteiger partial charge on any atom is 0.178 e. The van der Waals surface area contributed by atoms with Crippen LogP contribution in [0.3, 0.4) is 0 Å². The number of hydrogen-bond donors (Lipinski definition) is 1. The highest BCUT2D eigenvalue weighted by Gasteiger charge is 2.53. The Kier molecular flexibility index (Phi) is 10.2. The van der Waals surface area contributed by atoms with Crippen molar-refractivity contribution in [2.45, 2.75) is 44.1 Å². The number of nitrogens with two attached hydrogens (primary N) is 1.